The number of rotatable bonds is 5. The number of benzene rings is 1. The van der Waals surface area contributed by atoms with E-state index in [1.807, 2.05) is 0 Å². The van der Waals surface area contributed by atoms with Crippen molar-refractivity contribution >= 4 is 34.4 Å². The molecule has 0 saturated carbocycles. The first-order valence-electron chi connectivity index (χ1n) is 6.77. The van der Waals surface area contributed by atoms with E-state index in [0.717, 1.165) is 16.3 Å². The number of non-ortho nitro benzene ring substituents is 1. The van der Waals surface area contributed by atoms with Gasteiger partial charge in [0, 0.05) is 28.5 Å². The maximum Gasteiger partial charge on any atom is 0.269 e. The molecule has 4 N–H and O–H groups in total. The van der Waals surface area contributed by atoms with Crippen molar-refractivity contribution in [1.82, 2.24) is 15.0 Å². The summed E-state index contributed by atoms with van der Waals surface area (Å²) in [6.45, 7) is 0. The molecule has 8 nitrogen and oxygen atoms in total. The predicted octanol–water partition coefficient (Wildman–Crippen LogP) is 2.08. The van der Waals surface area contributed by atoms with Crippen molar-refractivity contribution in [1.29, 1.82) is 0 Å². The Morgan fingerprint density at radius 3 is 2.70 bits per heavy atom. The highest BCUT2D eigenvalue weighted by Crippen LogP contribution is 2.22. The fourth-order valence-electron chi connectivity index (χ4n) is 2.17. The number of anilines is 1. The van der Waals surface area contributed by atoms with Crippen LogP contribution in [-0.2, 0) is 6.42 Å². The van der Waals surface area contributed by atoms with Crippen molar-refractivity contribution in [3.63, 3.8) is 0 Å². The number of hydrogen-bond acceptors (Lipinski definition) is 6. The van der Waals surface area contributed by atoms with E-state index in [4.69, 9.17) is 5.73 Å². The molecule has 0 fully saturated rings. The van der Waals surface area contributed by atoms with E-state index in [1.54, 1.807) is 30.0 Å². The Morgan fingerprint density at radius 2 is 2.00 bits per heavy atom. The number of nitrogens with two attached hydrogens (primary N) is 1. The molecule has 3 rings (SSSR count). The molecule has 0 spiro atoms. The van der Waals surface area contributed by atoms with Crippen molar-refractivity contribution in [3.05, 3.63) is 56.5 Å². The number of aromatic nitrogens is 3. The van der Waals surface area contributed by atoms with Crippen LogP contribution in [0.15, 0.2) is 40.0 Å². The van der Waals surface area contributed by atoms with Gasteiger partial charge in [-0.1, -0.05) is 0 Å². The van der Waals surface area contributed by atoms with Gasteiger partial charge in [0.15, 0.2) is 0 Å². The van der Waals surface area contributed by atoms with Crippen molar-refractivity contribution in [3.8, 4) is 0 Å². The molecule has 0 atom stereocenters. The average Bonchev–Trinajstić information content (AvgIpc) is 2.91. The Hall–Kier alpha value is -2.81. The first-order valence-corrected chi connectivity index (χ1v) is 7.76. The van der Waals surface area contributed by atoms with Gasteiger partial charge in [-0.05, 0) is 24.6 Å². The topological polar surface area (TPSA) is 131 Å². The number of aromatic amines is 2. The number of nitro benzene ring substituents is 1. The second-order valence-electron chi connectivity index (χ2n) is 4.86. The van der Waals surface area contributed by atoms with Gasteiger partial charge in [0.1, 0.15) is 5.65 Å². The summed E-state index contributed by atoms with van der Waals surface area (Å²) < 4.78 is 0. The SMILES string of the molecule is Nc1nc2[nH]c(CCSc3ccc([N+](=O)[O-])cc3)cc2c(=O)[nH]1. The molecule has 0 aliphatic carbocycles. The molecule has 23 heavy (non-hydrogen) atoms. The van der Waals surface area contributed by atoms with Crippen LogP contribution in [0, 0.1) is 10.1 Å². The molecule has 0 bridgehead atoms. The number of nitrogen functional groups attached to an aromatic ring is 1. The minimum atomic E-state index is -0.421. The van der Waals surface area contributed by atoms with Crippen LogP contribution in [0.5, 0.6) is 0 Å². The Labute approximate surface area is 134 Å². The predicted molar refractivity (Wildman–Crippen MR) is 88.7 cm³/mol. The molecule has 0 amide bonds. The lowest BCUT2D eigenvalue weighted by molar-refractivity contribution is -0.384. The second kappa shape index (κ2) is 6.13. The van der Waals surface area contributed by atoms with Crippen LogP contribution < -0.4 is 11.3 Å². The second-order valence-corrected chi connectivity index (χ2v) is 6.03. The number of aryl methyl sites for hydroxylation is 1. The van der Waals surface area contributed by atoms with E-state index in [0.29, 0.717) is 17.5 Å². The summed E-state index contributed by atoms with van der Waals surface area (Å²) in [5.74, 6) is 0.842. The first kappa shape index (κ1) is 15.1. The third-order valence-electron chi connectivity index (χ3n) is 3.26. The molecule has 9 heteroatoms. The largest absolute Gasteiger partial charge is 0.369 e. The molecule has 0 aliphatic heterocycles. The molecule has 1 aromatic carbocycles. The summed E-state index contributed by atoms with van der Waals surface area (Å²) in [7, 11) is 0. The number of hydrogen-bond donors (Lipinski definition) is 3. The molecule has 0 radical (unpaired) electrons. The number of nitro groups is 1. The normalized spacial score (nSPS) is 11.0. The van der Waals surface area contributed by atoms with Gasteiger partial charge >= 0.3 is 0 Å². The van der Waals surface area contributed by atoms with Crippen LogP contribution in [-0.4, -0.2) is 25.6 Å². The highest BCUT2D eigenvalue weighted by molar-refractivity contribution is 7.99. The Morgan fingerprint density at radius 1 is 1.26 bits per heavy atom. The van der Waals surface area contributed by atoms with Gasteiger partial charge in [-0.25, -0.2) is 0 Å². The van der Waals surface area contributed by atoms with Gasteiger partial charge in [-0.2, -0.15) is 4.98 Å². The van der Waals surface area contributed by atoms with E-state index in [1.165, 1.54) is 12.1 Å². The highest BCUT2D eigenvalue weighted by Gasteiger charge is 2.08. The third-order valence-corrected chi connectivity index (χ3v) is 4.27. The Kier molecular flexibility index (Phi) is 4.02. The molecular weight excluding hydrogens is 318 g/mol. The lowest BCUT2D eigenvalue weighted by Gasteiger charge is -2.00. The van der Waals surface area contributed by atoms with Crippen molar-refractivity contribution in [2.75, 3.05) is 11.5 Å². The average molecular weight is 331 g/mol. The molecule has 3 aromatic rings. The quantitative estimate of drug-likeness (QED) is 0.373. The summed E-state index contributed by atoms with van der Waals surface area (Å²) in [5, 5.41) is 11.1. The maximum absolute atomic E-state index is 11.7. The molecule has 0 aliphatic rings. The lowest BCUT2D eigenvalue weighted by Crippen LogP contribution is -2.09. The van der Waals surface area contributed by atoms with Gasteiger partial charge in [-0.3, -0.25) is 19.9 Å². The Balaban J connectivity index is 1.65. The molecule has 2 aromatic heterocycles. The first-order chi connectivity index (χ1) is 11.0. The summed E-state index contributed by atoms with van der Waals surface area (Å²) >= 11 is 1.58. The van der Waals surface area contributed by atoms with E-state index < -0.39 is 4.92 Å². The third kappa shape index (κ3) is 3.34. The summed E-state index contributed by atoms with van der Waals surface area (Å²) in [5.41, 5.74) is 6.68. The van der Waals surface area contributed by atoms with Crippen molar-refractivity contribution in [2.24, 2.45) is 0 Å². The smallest absolute Gasteiger partial charge is 0.269 e. The van der Waals surface area contributed by atoms with Gasteiger partial charge < -0.3 is 10.7 Å². The number of thioether (sulfide) groups is 1. The van der Waals surface area contributed by atoms with Gasteiger partial charge in [0.25, 0.3) is 11.2 Å². The van der Waals surface area contributed by atoms with Crippen LogP contribution in [0.3, 0.4) is 0 Å². The maximum atomic E-state index is 11.7. The highest BCUT2D eigenvalue weighted by atomic mass is 32.2. The van der Waals surface area contributed by atoms with E-state index >= 15 is 0 Å². The number of nitrogens with one attached hydrogen (secondary N) is 2. The summed E-state index contributed by atoms with van der Waals surface area (Å²) in [6, 6.07) is 8.17. The van der Waals surface area contributed by atoms with E-state index in [2.05, 4.69) is 15.0 Å². The van der Waals surface area contributed by atoms with Crippen LogP contribution in [0.4, 0.5) is 11.6 Å². The monoisotopic (exact) mass is 331 g/mol. The minimum Gasteiger partial charge on any atom is -0.369 e. The van der Waals surface area contributed by atoms with Crippen LogP contribution in [0.25, 0.3) is 11.0 Å². The molecular formula is C14H13N5O3S. The van der Waals surface area contributed by atoms with Crippen molar-refractivity contribution in [2.45, 2.75) is 11.3 Å². The lowest BCUT2D eigenvalue weighted by atomic mass is 10.3. The zero-order valence-electron chi connectivity index (χ0n) is 11.9. The Bertz CT molecular complexity index is 916. The fraction of sp³-hybridized carbons (Fsp3) is 0.143. The van der Waals surface area contributed by atoms with Gasteiger partial charge in [-0.15, -0.1) is 11.8 Å². The molecule has 0 saturated heterocycles. The zero-order chi connectivity index (χ0) is 16.4. The van der Waals surface area contributed by atoms with Gasteiger partial charge in [0.2, 0.25) is 5.95 Å². The van der Waals surface area contributed by atoms with Crippen LogP contribution >= 0.6 is 11.8 Å². The van der Waals surface area contributed by atoms with E-state index in [-0.39, 0.29) is 17.2 Å². The van der Waals surface area contributed by atoms with E-state index in [9.17, 15) is 14.9 Å². The number of H-pyrrole nitrogens is 2. The van der Waals surface area contributed by atoms with Crippen molar-refractivity contribution < 1.29 is 4.92 Å². The fourth-order valence-corrected chi connectivity index (χ4v) is 3.06. The summed E-state index contributed by atoms with van der Waals surface area (Å²) in [6.07, 6.45) is 0.706. The van der Waals surface area contributed by atoms with Crippen LogP contribution in [0.2, 0.25) is 0 Å². The summed E-state index contributed by atoms with van der Waals surface area (Å²) in [4.78, 5) is 32.4. The minimum absolute atomic E-state index is 0.0767. The molecule has 2 heterocycles. The molecule has 118 valence electrons. The van der Waals surface area contributed by atoms with Gasteiger partial charge in [0.05, 0.1) is 10.3 Å². The number of nitrogens with zero attached hydrogens (tertiary/aromatic N) is 2. The van der Waals surface area contributed by atoms with Crippen LogP contribution in [0.1, 0.15) is 5.69 Å². The molecule has 0 unspecified atom stereocenters. The number of fused-ring (bicyclic) bond motifs is 1. The standard InChI is InChI=1S/C14H13N5O3S/c15-14-17-12-11(13(20)18-14)7-8(16-12)5-6-23-10-3-1-9(2-4-10)19(21)22/h1-4,7H,5-6H2,(H4,15,16,17,18,20). The zero-order valence-corrected chi connectivity index (χ0v) is 12.7.